The van der Waals surface area contributed by atoms with Crippen molar-refractivity contribution in [1.29, 1.82) is 0 Å². The number of hydrogen-bond donors (Lipinski definition) is 1. The van der Waals surface area contributed by atoms with Crippen molar-refractivity contribution in [3.63, 3.8) is 0 Å². The highest BCUT2D eigenvalue weighted by atomic mass is 32.1. The number of hydrogen-bond acceptors (Lipinski definition) is 2. The number of nitrogens with one attached hydrogen (secondary N) is 1. The van der Waals surface area contributed by atoms with E-state index >= 15 is 0 Å². The van der Waals surface area contributed by atoms with Crippen molar-refractivity contribution >= 4 is 11.3 Å². The molecule has 2 atom stereocenters. The summed E-state index contributed by atoms with van der Waals surface area (Å²) in [5.74, 6) is 0. The van der Waals surface area contributed by atoms with Crippen LogP contribution in [0.1, 0.15) is 36.8 Å². The molecule has 0 saturated heterocycles. The first-order valence-corrected chi connectivity index (χ1v) is 6.04. The van der Waals surface area contributed by atoms with Crippen molar-refractivity contribution in [2.45, 2.75) is 45.5 Å². The van der Waals surface area contributed by atoms with E-state index in [4.69, 9.17) is 0 Å². The van der Waals surface area contributed by atoms with Gasteiger partial charge in [-0.15, -0.1) is 11.3 Å². The van der Waals surface area contributed by atoms with E-state index in [1.165, 1.54) is 0 Å². The monoisotopic (exact) mass is 251 g/mol. The molecule has 1 rings (SSSR count). The predicted octanol–water partition coefficient (Wildman–Crippen LogP) is 4.05. The van der Waals surface area contributed by atoms with Crippen molar-refractivity contribution < 1.29 is 13.2 Å². The SMILES string of the molecule is Cc1ccsc1C(C)NC(C)CC(F)(F)F. The second-order valence-corrected chi connectivity index (χ2v) is 5.02. The maximum absolute atomic E-state index is 12.1. The van der Waals surface area contributed by atoms with Crippen molar-refractivity contribution in [2.75, 3.05) is 0 Å². The molecular weight excluding hydrogens is 235 g/mol. The van der Waals surface area contributed by atoms with Crippen LogP contribution in [0.5, 0.6) is 0 Å². The van der Waals surface area contributed by atoms with Gasteiger partial charge >= 0.3 is 6.18 Å². The summed E-state index contributed by atoms with van der Waals surface area (Å²) < 4.78 is 36.4. The van der Waals surface area contributed by atoms with Crippen LogP contribution in [0.2, 0.25) is 0 Å². The predicted molar refractivity (Wildman–Crippen MR) is 60.7 cm³/mol. The van der Waals surface area contributed by atoms with E-state index in [1.807, 2.05) is 25.3 Å². The number of thiophene rings is 1. The summed E-state index contributed by atoms with van der Waals surface area (Å²) in [6.07, 6.45) is -4.89. The molecule has 0 bridgehead atoms. The summed E-state index contributed by atoms with van der Waals surface area (Å²) in [5.41, 5.74) is 1.13. The lowest BCUT2D eigenvalue weighted by molar-refractivity contribution is -0.139. The molecule has 1 aromatic rings. The summed E-state index contributed by atoms with van der Waals surface area (Å²) >= 11 is 1.57. The molecule has 92 valence electrons. The smallest absolute Gasteiger partial charge is 0.307 e. The molecule has 5 heteroatoms. The molecule has 0 saturated carbocycles. The van der Waals surface area contributed by atoms with Gasteiger partial charge in [-0.05, 0) is 37.8 Å². The Bertz CT molecular complexity index is 332. The van der Waals surface area contributed by atoms with Gasteiger partial charge in [-0.25, -0.2) is 0 Å². The molecule has 1 nitrogen and oxygen atoms in total. The summed E-state index contributed by atoms with van der Waals surface area (Å²) in [7, 11) is 0. The van der Waals surface area contributed by atoms with E-state index in [1.54, 1.807) is 18.3 Å². The molecule has 0 aliphatic heterocycles. The van der Waals surface area contributed by atoms with Crippen LogP contribution in [-0.4, -0.2) is 12.2 Å². The highest BCUT2D eigenvalue weighted by molar-refractivity contribution is 7.10. The average molecular weight is 251 g/mol. The number of rotatable bonds is 4. The molecule has 2 unspecified atom stereocenters. The largest absolute Gasteiger partial charge is 0.390 e. The first-order valence-electron chi connectivity index (χ1n) is 5.16. The fraction of sp³-hybridized carbons (Fsp3) is 0.636. The minimum Gasteiger partial charge on any atom is -0.307 e. The van der Waals surface area contributed by atoms with E-state index in [2.05, 4.69) is 5.32 Å². The first-order chi connectivity index (χ1) is 7.29. The Hall–Kier alpha value is -0.550. The van der Waals surface area contributed by atoms with Crippen molar-refractivity contribution in [1.82, 2.24) is 5.32 Å². The third-order valence-electron chi connectivity index (χ3n) is 2.37. The van der Waals surface area contributed by atoms with Crippen LogP contribution in [0, 0.1) is 6.92 Å². The van der Waals surface area contributed by atoms with Crippen LogP contribution in [0.25, 0.3) is 0 Å². The first kappa shape index (κ1) is 13.5. The van der Waals surface area contributed by atoms with Gasteiger partial charge in [0.25, 0.3) is 0 Å². The summed E-state index contributed by atoms with van der Waals surface area (Å²) in [6, 6.07) is 1.39. The van der Waals surface area contributed by atoms with Gasteiger partial charge in [0, 0.05) is 17.0 Å². The van der Waals surface area contributed by atoms with Crippen LogP contribution < -0.4 is 5.32 Å². The van der Waals surface area contributed by atoms with Crippen LogP contribution in [-0.2, 0) is 0 Å². The standard InChI is InChI=1S/C11H16F3NS/c1-7-4-5-16-10(7)9(3)15-8(2)6-11(12,13)14/h4-5,8-9,15H,6H2,1-3H3. The molecule has 0 fully saturated rings. The molecule has 0 aromatic carbocycles. The van der Waals surface area contributed by atoms with Gasteiger partial charge in [-0.3, -0.25) is 0 Å². The van der Waals surface area contributed by atoms with Gasteiger partial charge < -0.3 is 5.32 Å². The fourth-order valence-corrected chi connectivity index (χ4v) is 2.68. The molecule has 0 radical (unpaired) electrons. The van der Waals surface area contributed by atoms with Gasteiger partial charge in [-0.1, -0.05) is 0 Å². The molecule has 0 spiro atoms. The molecule has 1 aromatic heterocycles. The Kier molecular flexibility index (Phi) is 4.38. The Morgan fingerprint density at radius 1 is 1.38 bits per heavy atom. The van der Waals surface area contributed by atoms with Gasteiger partial charge in [-0.2, -0.15) is 13.2 Å². The normalized spacial score (nSPS) is 16.1. The fourth-order valence-electron chi connectivity index (χ4n) is 1.74. The Balaban J connectivity index is 2.52. The van der Waals surface area contributed by atoms with Crippen molar-refractivity contribution in [3.05, 3.63) is 21.9 Å². The third kappa shape index (κ3) is 4.14. The highest BCUT2D eigenvalue weighted by Gasteiger charge is 2.30. The third-order valence-corrected chi connectivity index (χ3v) is 3.57. The Morgan fingerprint density at radius 2 is 2.00 bits per heavy atom. The van der Waals surface area contributed by atoms with E-state index in [9.17, 15) is 13.2 Å². The molecule has 1 N–H and O–H groups in total. The Labute approximate surface area is 97.7 Å². The second kappa shape index (κ2) is 5.19. The summed E-state index contributed by atoms with van der Waals surface area (Å²) in [4.78, 5) is 1.11. The zero-order valence-corrected chi connectivity index (χ0v) is 10.4. The molecular formula is C11H16F3NS. The maximum Gasteiger partial charge on any atom is 0.390 e. The lowest BCUT2D eigenvalue weighted by Gasteiger charge is -2.21. The molecule has 0 amide bonds. The van der Waals surface area contributed by atoms with Gasteiger partial charge in [0.2, 0.25) is 0 Å². The minimum absolute atomic E-state index is 0.0302. The van der Waals surface area contributed by atoms with Crippen LogP contribution in [0.4, 0.5) is 13.2 Å². The lowest BCUT2D eigenvalue weighted by Crippen LogP contribution is -2.33. The summed E-state index contributed by atoms with van der Waals surface area (Å²) in [5, 5.41) is 4.93. The molecule has 1 heterocycles. The Morgan fingerprint density at radius 3 is 2.44 bits per heavy atom. The van der Waals surface area contributed by atoms with E-state index in [0.717, 1.165) is 10.4 Å². The van der Waals surface area contributed by atoms with Crippen LogP contribution in [0.15, 0.2) is 11.4 Å². The quantitative estimate of drug-likeness (QED) is 0.851. The zero-order chi connectivity index (χ0) is 12.3. The van der Waals surface area contributed by atoms with E-state index in [0.29, 0.717) is 0 Å². The topological polar surface area (TPSA) is 12.0 Å². The van der Waals surface area contributed by atoms with Gasteiger partial charge in [0.1, 0.15) is 0 Å². The van der Waals surface area contributed by atoms with E-state index < -0.39 is 18.6 Å². The average Bonchev–Trinajstić information content (AvgIpc) is 2.47. The van der Waals surface area contributed by atoms with Crippen molar-refractivity contribution in [3.8, 4) is 0 Å². The minimum atomic E-state index is -4.10. The summed E-state index contributed by atoms with van der Waals surface area (Å²) in [6.45, 7) is 5.43. The second-order valence-electron chi connectivity index (χ2n) is 4.08. The number of halogens is 3. The van der Waals surface area contributed by atoms with Gasteiger partial charge in [0.15, 0.2) is 0 Å². The number of alkyl halides is 3. The number of aryl methyl sites for hydroxylation is 1. The highest BCUT2D eigenvalue weighted by Crippen LogP contribution is 2.26. The lowest BCUT2D eigenvalue weighted by atomic mass is 10.1. The van der Waals surface area contributed by atoms with Crippen LogP contribution >= 0.6 is 11.3 Å². The van der Waals surface area contributed by atoms with Gasteiger partial charge in [0.05, 0.1) is 6.42 Å². The van der Waals surface area contributed by atoms with Crippen molar-refractivity contribution in [2.24, 2.45) is 0 Å². The molecule has 16 heavy (non-hydrogen) atoms. The zero-order valence-electron chi connectivity index (χ0n) is 9.56. The molecule has 0 aliphatic rings. The maximum atomic E-state index is 12.1. The molecule has 0 aliphatic carbocycles. The van der Waals surface area contributed by atoms with Crippen LogP contribution in [0.3, 0.4) is 0 Å². The van der Waals surface area contributed by atoms with E-state index in [-0.39, 0.29) is 6.04 Å².